The highest BCUT2D eigenvalue weighted by Gasteiger charge is 2.25. The van der Waals surface area contributed by atoms with Gasteiger partial charge in [-0.15, -0.1) is 0 Å². The van der Waals surface area contributed by atoms with Crippen molar-refractivity contribution in [1.82, 2.24) is 4.98 Å². The van der Waals surface area contributed by atoms with Crippen LogP contribution in [0.4, 0.5) is 5.69 Å². The molecule has 2 aromatic rings. The molecular weight excluding hydrogens is 364 g/mol. The highest BCUT2D eigenvalue weighted by molar-refractivity contribution is 6.00. The molecule has 0 bridgehead atoms. The van der Waals surface area contributed by atoms with E-state index in [2.05, 4.69) is 10.3 Å². The molecule has 0 spiro atoms. The number of hydrogen-bond acceptors (Lipinski definition) is 6. The minimum absolute atomic E-state index is 0.110. The third-order valence-corrected chi connectivity index (χ3v) is 3.90. The Morgan fingerprint density at radius 1 is 1.11 bits per heavy atom. The highest BCUT2D eigenvalue weighted by Crippen LogP contribution is 2.23. The Balaban J connectivity index is 2.03. The zero-order valence-corrected chi connectivity index (χ0v) is 16.5. The van der Waals surface area contributed by atoms with E-state index in [4.69, 9.17) is 14.2 Å². The van der Waals surface area contributed by atoms with Crippen molar-refractivity contribution < 1.29 is 28.6 Å². The molecule has 1 heterocycles. The number of esters is 2. The lowest BCUT2D eigenvalue weighted by atomic mass is 10.1. The first kappa shape index (κ1) is 21.0. The predicted molar refractivity (Wildman–Crippen MR) is 103 cm³/mol. The molecule has 1 aromatic heterocycles. The van der Waals surface area contributed by atoms with Crippen LogP contribution >= 0.6 is 0 Å². The first-order valence-corrected chi connectivity index (χ1v) is 8.74. The van der Waals surface area contributed by atoms with Gasteiger partial charge in [-0.2, -0.15) is 0 Å². The van der Waals surface area contributed by atoms with E-state index in [1.165, 1.54) is 7.11 Å². The van der Waals surface area contributed by atoms with Gasteiger partial charge in [0.05, 0.1) is 24.5 Å². The molecule has 0 radical (unpaired) electrons. The van der Waals surface area contributed by atoms with Gasteiger partial charge < -0.3 is 24.5 Å². The number of aryl methyl sites for hydroxylation is 1. The van der Waals surface area contributed by atoms with Crippen molar-refractivity contribution in [2.45, 2.75) is 33.8 Å². The summed E-state index contributed by atoms with van der Waals surface area (Å²) in [6.07, 6.45) is -0.282. The van der Waals surface area contributed by atoms with E-state index < -0.39 is 24.5 Å². The molecule has 0 fully saturated rings. The minimum Gasteiger partial charge on any atom is -0.495 e. The summed E-state index contributed by atoms with van der Waals surface area (Å²) in [5.74, 6) is -1.28. The number of aromatic amines is 1. The van der Waals surface area contributed by atoms with Gasteiger partial charge >= 0.3 is 11.9 Å². The lowest BCUT2D eigenvalue weighted by Gasteiger charge is -2.10. The Labute approximate surface area is 163 Å². The fraction of sp³-hybridized carbons (Fsp3) is 0.350. The Morgan fingerprint density at radius 3 is 2.43 bits per heavy atom. The van der Waals surface area contributed by atoms with Gasteiger partial charge in [-0.25, -0.2) is 9.59 Å². The predicted octanol–water partition coefficient (Wildman–Crippen LogP) is 3.00. The number of para-hydroxylation sites is 2. The monoisotopic (exact) mass is 388 g/mol. The zero-order chi connectivity index (χ0) is 20.8. The number of anilines is 1. The average molecular weight is 388 g/mol. The number of amides is 1. The molecule has 150 valence electrons. The highest BCUT2D eigenvalue weighted by atomic mass is 16.5. The number of rotatable bonds is 7. The van der Waals surface area contributed by atoms with Crippen LogP contribution in [0.3, 0.4) is 0 Å². The molecule has 0 saturated carbocycles. The molecule has 28 heavy (non-hydrogen) atoms. The van der Waals surface area contributed by atoms with Crippen molar-refractivity contribution in [2.24, 2.45) is 0 Å². The van der Waals surface area contributed by atoms with Gasteiger partial charge in [0, 0.05) is 5.69 Å². The third-order valence-electron chi connectivity index (χ3n) is 3.90. The largest absolute Gasteiger partial charge is 0.495 e. The molecule has 8 nitrogen and oxygen atoms in total. The van der Waals surface area contributed by atoms with Crippen molar-refractivity contribution in [3.05, 3.63) is 46.8 Å². The summed E-state index contributed by atoms with van der Waals surface area (Å²) < 4.78 is 15.4. The molecule has 0 aliphatic heterocycles. The van der Waals surface area contributed by atoms with Crippen molar-refractivity contribution in [2.75, 3.05) is 19.0 Å². The fourth-order valence-corrected chi connectivity index (χ4v) is 2.67. The van der Waals surface area contributed by atoms with Crippen molar-refractivity contribution in [3.63, 3.8) is 0 Å². The SMILES string of the molecule is COc1ccccc1NC(=O)COC(=O)c1[nH]c(C)c(C(=O)OC(C)C)c1C. The second-order valence-corrected chi connectivity index (χ2v) is 6.40. The van der Waals surface area contributed by atoms with Gasteiger partial charge in [0.2, 0.25) is 0 Å². The van der Waals surface area contributed by atoms with Crippen molar-refractivity contribution in [1.29, 1.82) is 0 Å². The van der Waals surface area contributed by atoms with Crippen LogP contribution in [-0.4, -0.2) is 42.7 Å². The number of H-pyrrole nitrogens is 1. The van der Waals surface area contributed by atoms with Crippen LogP contribution in [-0.2, 0) is 14.3 Å². The topological polar surface area (TPSA) is 107 Å². The van der Waals surface area contributed by atoms with Crippen LogP contribution in [0, 0.1) is 13.8 Å². The molecule has 0 atom stereocenters. The molecule has 2 N–H and O–H groups in total. The molecule has 1 amide bonds. The molecule has 0 aliphatic carbocycles. The van der Waals surface area contributed by atoms with Crippen LogP contribution in [0.2, 0.25) is 0 Å². The second-order valence-electron chi connectivity index (χ2n) is 6.40. The number of ether oxygens (including phenoxy) is 3. The van der Waals surface area contributed by atoms with E-state index in [1.54, 1.807) is 52.0 Å². The standard InChI is InChI=1S/C20H24N2O6/c1-11(2)28-19(24)17-12(3)18(21-13(17)4)20(25)27-10-16(23)22-14-8-6-7-9-15(14)26-5/h6-9,11,21H,10H2,1-5H3,(H,22,23). The smallest absolute Gasteiger partial charge is 0.355 e. The summed E-state index contributed by atoms with van der Waals surface area (Å²) in [5, 5.41) is 2.61. The number of aromatic nitrogens is 1. The number of carbonyl (C=O) groups is 3. The number of benzene rings is 1. The second kappa shape index (κ2) is 9.07. The maximum absolute atomic E-state index is 12.3. The molecule has 0 unspecified atom stereocenters. The molecule has 8 heteroatoms. The van der Waals surface area contributed by atoms with Crippen LogP contribution in [0.1, 0.15) is 46.0 Å². The lowest BCUT2D eigenvalue weighted by Crippen LogP contribution is -2.21. The summed E-state index contributed by atoms with van der Waals surface area (Å²) in [4.78, 5) is 39.4. The summed E-state index contributed by atoms with van der Waals surface area (Å²) in [6, 6.07) is 6.88. The summed E-state index contributed by atoms with van der Waals surface area (Å²) in [7, 11) is 1.49. The van der Waals surface area contributed by atoms with E-state index >= 15 is 0 Å². The van der Waals surface area contributed by atoms with Crippen LogP contribution in [0.5, 0.6) is 5.75 Å². The lowest BCUT2D eigenvalue weighted by molar-refractivity contribution is -0.119. The summed E-state index contributed by atoms with van der Waals surface area (Å²) in [5.41, 5.74) is 1.78. The fourth-order valence-electron chi connectivity index (χ4n) is 2.67. The van der Waals surface area contributed by atoms with Crippen LogP contribution in [0.25, 0.3) is 0 Å². The molecule has 2 rings (SSSR count). The normalized spacial score (nSPS) is 10.5. The molecule has 1 aromatic carbocycles. The van der Waals surface area contributed by atoms with Crippen molar-refractivity contribution >= 4 is 23.5 Å². The average Bonchev–Trinajstić information content (AvgIpc) is 2.94. The number of carbonyl (C=O) groups excluding carboxylic acids is 3. The Morgan fingerprint density at radius 2 is 1.79 bits per heavy atom. The van der Waals surface area contributed by atoms with Gasteiger partial charge in [-0.3, -0.25) is 4.79 Å². The van der Waals surface area contributed by atoms with Gasteiger partial charge in [0.15, 0.2) is 6.61 Å². The molecule has 0 aliphatic rings. The summed E-state index contributed by atoms with van der Waals surface area (Å²) >= 11 is 0. The summed E-state index contributed by atoms with van der Waals surface area (Å²) in [6.45, 7) is 6.27. The van der Waals surface area contributed by atoms with E-state index in [9.17, 15) is 14.4 Å². The van der Waals surface area contributed by atoms with Gasteiger partial charge in [-0.1, -0.05) is 12.1 Å². The van der Waals surface area contributed by atoms with Crippen LogP contribution in [0.15, 0.2) is 24.3 Å². The van der Waals surface area contributed by atoms with E-state index in [1.807, 2.05) is 0 Å². The maximum Gasteiger partial charge on any atom is 0.355 e. The maximum atomic E-state index is 12.3. The third kappa shape index (κ3) is 4.91. The first-order chi connectivity index (χ1) is 13.2. The first-order valence-electron chi connectivity index (χ1n) is 8.74. The van der Waals surface area contributed by atoms with E-state index in [-0.39, 0.29) is 11.8 Å². The van der Waals surface area contributed by atoms with E-state index in [0.29, 0.717) is 28.3 Å². The quantitative estimate of drug-likeness (QED) is 0.706. The van der Waals surface area contributed by atoms with Crippen molar-refractivity contribution in [3.8, 4) is 5.75 Å². The van der Waals surface area contributed by atoms with Gasteiger partial charge in [0.25, 0.3) is 5.91 Å². The minimum atomic E-state index is -0.737. The van der Waals surface area contributed by atoms with Gasteiger partial charge in [0.1, 0.15) is 11.4 Å². The molecule has 0 saturated heterocycles. The number of nitrogens with one attached hydrogen (secondary N) is 2. The Bertz CT molecular complexity index is 885. The zero-order valence-electron chi connectivity index (χ0n) is 16.5. The van der Waals surface area contributed by atoms with Crippen LogP contribution < -0.4 is 10.1 Å². The number of methoxy groups -OCH3 is 1. The van der Waals surface area contributed by atoms with E-state index in [0.717, 1.165) is 0 Å². The Hall–Kier alpha value is -3.29. The Kier molecular flexibility index (Phi) is 6.81. The van der Waals surface area contributed by atoms with Gasteiger partial charge in [-0.05, 0) is 45.4 Å². The number of hydrogen-bond donors (Lipinski definition) is 2. The molecular formula is C20H24N2O6.